The molecule has 0 aliphatic heterocycles. The van der Waals surface area contributed by atoms with Crippen molar-refractivity contribution in [2.45, 2.75) is 7.43 Å². The third kappa shape index (κ3) is 37.1. The molecule has 31 heavy (non-hydrogen) atoms. The van der Waals surface area contributed by atoms with Gasteiger partial charge in [-0.3, -0.25) is 0 Å². The summed E-state index contributed by atoms with van der Waals surface area (Å²) in [5.41, 5.74) is 0. The summed E-state index contributed by atoms with van der Waals surface area (Å²) in [6.07, 6.45) is 1.50. The van der Waals surface area contributed by atoms with E-state index in [1.165, 1.54) is 0 Å². The third-order valence-corrected chi connectivity index (χ3v) is 2.67. The van der Waals surface area contributed by atoms with E-state index in [4.69, 9.17) is 20.4 Å². The van der Waals surface area contributed by atoms with Crippen molar-refractivity contribution in [1.29, 1.82) is 10.8 Å². The fraction of sp³-hybridized carbons (Fsp3) is 0.0370. The number of benzene rings is 4. The summed E-state index contributed by atoms with van der Waals surface area (Å²) >= 11 is 0. The summed E-state index contributed by atoms with van der Waals surface area (Å²) < 4.78 is 0. The van der Waals surface area contributed by atoms with Crippen LogP contribution in [0, 0.1) is 10.8 Å². The van der Waals surface area contributed by atoms with Crippen LogP contribution in [0.25, 0.3) is 0 Å². The van der Waals surface area contributed by atoms with Crippen LogP contribution in [0.4, 0.5) is 0 Å². The Morgan fingerprint density at radius 2 is 0.323 bits per heavy atom. The molecule has 0 aromatic heterocycles. The van der Waals surface area contributed by atoms with Gasteiger partial charge in [-0.1, -0.05) is 153 Å². The normalized spacial score (nSPS) is 6.71. The van der Waals surface area contributed by atoms with E-state index >= 15 is 0 Å². The highest BCUT2D eigenvalue weighted by atomic mass is 16.1. The Balaban J connectivity index is -0.000000309. The summed E-state index contributed by atoms with van der Waals surface area (Å²) in [6, 6.07) is 48.0. The lowest BCUT2D eigenvalue weighted by Gasteiger charge is -1.69. The zero-order chi connectivity index (χ0) is 22.4. The van der Waals surface area contributed by atoms with Crippen LogP contribution in [0.2, 0.25) is 0 Å². The fourth-order valence-corrected chi connectivity index (χ4v) is 1.54. The first-order valence-corrected chi connectivity index (χ1v) is 8.91. The Kier molecular flexibility index (Phi) is 33.6. The van der Waals surface area contributed by atoms with E-state index in [1.54, 1.807) is 0 Å². The molecule has 2 N–H and O–H groups in total. The maximum absolute atomic E-state index is 8.35. The van der Waals surface area contributed by atoms with E-state index in [1.807, 2.05) is 146 Å². The maximum atomic E-state index is 8.35. The van der Waals surface area contributed by atoms with Crippen LogP contribution in [0.5, 0.6) is 0 Å². The fourth-order valence-electron chi connectivity index (χ4n) is 1.54. The minimum atomic E-state index is 0. The van der Waals surface area contributed by atoms with Crippen molar-refractivity contribution in [1.82, 2.24) is 0 Å². The molecular formula is C27H30N2O2. The predicted octanol–water partition coefficient (Wildman–Crippen LogP) is 7.18. The van der Waals surface area contributed by atoms with Gasteiger partial charge in [-0.2, -0.15) is 0 Å². The van der Waals surface area contributed by atoms with Crippen LogP contribution in [0.1, 0.15) is 7.43 Å². The summed E-state index contributed by atoms with van der Waals surface area (Å²) in [5.74, 6) is 0. The smallest absolute Gasteiger partial charge is 0.222 e. The number of hydrogen-bond donors (Lipinski definition) is 2. The van der Waals surface area contributed by atoms with Gasteiger partial charge < -0.3 is 0 Å². The SMILES string of the molecule is C.N=C=O.N=C=O.c1ccccc1.c1ccccc1.c1ccccc1.c1ccccc1. The molecule has 4 nitrogen and oxygen atoms in total. The second-order valence-corrected chi connectivity index (χ2v) is 4.82. The van der Waals surface area contributed by atoms with Gasteiger partial charge in [-0.05, 0) is 0 Å². The van der Waals surface area contributed by atoms with Crippen LogP contribution in [0.15, 0.2) is 146 Å². The Hall–Kier alpha value is -4.36. The molecule has 0 spiro atoms. The molecule has 0 fully saturated rings. The van der Waals surface area contributed by atoms with Gasteiger partial charge in [0, 0.05) is 0 Å². The average Bonchev–Trinajstić information content (AvgIpc) is 2.86. The number of carbonyl (C=O) groups excluding carboxylic acids is 2. The van der Waals surface area contributed by atoms with Gasteiger partial charge in [-0.15, -0.1) is 0 Å². The van der Waals surface area contributed by atoms with Gasteiger partial charge in [-0.25, -0.2) is 20.4 Å². The standard InChI is InChI=1S/4C6H6.2CHNO.CH4/c4*1-2-4-6-5-3-1;2*2-1-3;/h4*1-6H;2*2H;1H4. The van der Waals surface area contributed by atoms with Crippen molar-refractivity contribution in [2.24, 2.45) is 0 Å². The monoisotopic (exact) mass is 414 g/mol. The molecule has 0 aliphatic rings. The van der Waals surface area contributed by atoms with Crippen molar-refractivity contribution in [3.8, 4) is 0 Å². The minimum absolute atomic E-state index is 0. The molecule has 4 heteroatoms. The van der Waals surface area contributed by atoms with Crippen LogP contribution in [0.3, 0.4) is 0 Å². The zero-order valence-corrected chi connectivity index (χ0v) is 16.7. The highest BCUT2D eigenvalue weighted by Gasteiger charge is 1.59. The molecule has 0 saturated heterocycles. The van der Waals surface area contributed by atoms with Crippen LogP contribution in [-0.2, 0) is 9.59 Å². The molecule has 0 saturated carbocycles. The molecule has 0 radical (unpaired) electrons. The number of rotatable bonds is 0. The second-order valence-electron chi connectivity index (χ2n) is 4.82. The van der Waals surface area contributed by atoms with Gasteiger partial charge in [0.25, 0.3) is 0 Å². The van der Waals surface area contributed by atoms with Crippen molar-refractivity contribution >= 4 is 12.2 Å². The van der Waals surface area contributed by atoms with Gasteiger partial charge in [0.2, 0.25) is 12.2 Å². The first-order valence-electron chi connectivity index (χ1n) is 8.91. The van der Waals surface area contributed by atoms with Crippen molar-refractivity contribution in [3.63, 3.8) is 0 Å². The highest BCUT2D eigenvalue weighted by molar-refractivity contribution is 5.26. The van der Waals surface area contributed by atoms with Crippen LogP contribution < -0.4 is 0 Å². The molecule has 160 valence electrons. The molecular weight excluding hydrogens is 384 g/mol. The minimum Gasteiger partial charge on any atom is -0.222 e. The summed E-state index contributed by atoms with van der Waals surface area (Å²) in [7, 11) is 0. The Labute approximate surface area is 185 Å². The summed E-state index contributed by atoms with van der Waals surface area (Å²) in [4.78, 5) is 16.7. The number of isocyanates is 2. The van der Waals surface area contributed by atoms with Crippen LogP contribution >= 0.6 is 0 Å². The molecule has 0 heterocycles. The van der Waals surface area contributed by atoms with Crippen molar-refractivity contribution in [2.75, 3.05) is 0 Å². The van der Waals surface area contributed by atoms with Gasteiger partial charge >= 0.3 is 0 Å². The maximum Gasteiger partial charge on any atom is 0.231 e. The Morgan fingerprint density at radius 1 is 0.290 bits per heavy atom. The van der Waals surface area contributed by atoms with Gasteiger partial charge in [0.05, 0.1) is 0 Å². The second kappa shape index (κ2) is 33.2. The number of nitrogens with one attached hydrogen (secondary N) is 2. The molecule has 4 aromatic carbocycles. The first-order chi connectivity index (χ1) is 14.8. The lowest BCUT2D eigenvalue weighted by Crippen LogP contribution is -1.47. The van der Waals surface area contributed by atoms with E-state index in [-0.39, 0.29) is 7.43 Å². The van der Waals surface area contributed by atoms with Gasteiger partial charge in [0.1, 0.15) is 0 Å². The predicted molar refractivity (Wildman–Crippen MR) is 129 cm³/mol. The third-order valence-electron chi connectivity index (χ3n) is 2.67. The Bertz CT molecular complexity index is 584. The van der Waals surface area contributed by atoms with Gasteiger partial charge in [0.15, 0.2) is 0 Å². The summed E-state index contributed by atoms with van der Waals surface area (Å²) in [6.45, 7) is 0. The van der Waals surface area contributed by atoms with E-state index in [9.17, 15) is 0 Å². The number of hydrogen-bond acceptors (Lipinski definition) is 4. The van der Waals surface area contributed by atoms with Crippen molar-refractivity contribution in [3.05, 3.63) is 146 Å². The van der Waals surface area contributed by atoms with E-state index in [0.29, 0.717) is 0 Å². The lowest BCUT2D eigenvalue weighted by atomic mass is 10.4. The Morgan fingerprint density at radius 3 is 0.355 bits per heavy atom. The summed E-state index contributed by atoms with van der Waals surface area (Å²) in [5, 5.41) is 10.8. The molecule has 0 unspecified atom stereocenters. The largest absolute Gasteiger partial charge is 0.231 e. The molecule has 4 aromatic rings. The molecule has 0 bridgehead atoms. The van der Waals surface area contributed by atoms with Crippen LogP contribution in [-0.4, -0.2) is 12.2 Å². The van der Waals surface area contributed by atoms with Crippen molar-refractivity contribution < 1.29 is 9.59 Å². The molecule has 0 amide bonds. The highest BCUT2D eigenvalue weighted by Crippen LogP contribution is 1.81. The average molecular weight is 415 g/mol. The van der Waals surface area contributed by atoms with E-state index < -0.39 is 0 Å². The first kappa shape index (κ1) is 31.3. The van der Waals surface area contributed by atoms with E-state index in [0.717, 1.165) is 12.2 Å². The lowest BCUT2D eigenvalue weighted by molar-refractivity contribution is 0.562. The van der Waals surface area contributed by atoms with E-state index in [2.05, 4.69) is 0 Å². The molecule has 4 rings (SSSR count). The topological polar surface area (TPSA) is 81.8 Å². The zero-order valence-electron chi connectivity index (χ0n) is 16.7. The molecule has 0 atom stereocenters. The molecule has 0 aliphatic carbocycles. The quantitative estimate of drug-likeness (QED) is 0.236.